The number of esters is 1. The summed E-state index contributed by atoms with van der Waals surface area (Å²) in [4.78, 5) is 14.0. The molecule has 3 atom stereocenters. The number of nitrogens with zero attached hydrogens (tertiary/aromatic N) is 2. The first-order valence-electron chi connectivity index (χ1n) is 12.9. The number of piperidine rings is 1. The van der Waals surface area contributed by atoms with E-state index in [0.717, 1.165) is 61.1 Å². The van der Waals surface area contributed by atoms with E-state index in [1.165, 1.54) is 18.7 Å². The largest absolute Gasteiger partial charge is 0.465 e. The minimum absolute atomic E-state index is 0.0998. The van der Waals surface area contributed by atoms with Crippen molar-refractivity contribution in [3.8, 4) is 11.3 Å². The van der Waals surface area contributed by atoms with E-state index in [4.69, 9.17) is 14.0 Å². The minimum atomic E-state index is -0.528. The first-order chi connectivity index (χ1) is 17.5. The molecule has 3 aliphatic rings. The molecule has 0 radical (unpaired) electrons. The van der Waals surface area contributed by atoms with Gasteiger partial charge >= 0.3 is 5.97 Å². The average molecular weight is 491 g/mol. The molecule has 2 bridgehead atoms. The number of benzene rings is 2. The van der Waals surface area contributed by atoms with Gasteiger partial charge in [0, 0.05) is 29.1 Å². The van der Waals surface area contributed by atoms with E-state index in [9.17, 15) is 4.79 Å². The maximum Gasteiger partial charge on any atom is 0.337 e. The molecule has 6 rings (SSSR count). The molecule has 1 saturated carbocycles. The van der Waals surface area contributed by atoms with Gasteiger partial charge in [0.1, 0.15) is 17.3 Å². The molecule has 36 heavy (non-hydrogen) atoms. The highest BCUT2D eigenvalue weighted by molar-refractivity contribution is 5.89. The Morgan fingerprint density at radius 3 is 2.53 bits per heavy atom. The Morgan fingerprint density at radius 1 is 1.11 bits per heavy atom. The van der Waals surface area contributed by atoms with Crippen molar-refractivity contribution >= 4 is 11.7 Å². The molecule has 0 N–H and O–H groups in total. The summed E-state index contributed by atoms with van der Waals surface area (Å²) in [6.45, 7) is 2.57. The van der Waals surface area contributed by atoms with Crippen molar-refractivity contribution in [3.63, 3.8) is 0 Å². The van der Waals surface area contributed by atoms with Gasteiger partial charge in [0.2, 0.25) is 0 Å². The zero-order valence-corrected chi connectivity index (χ0v) is 20.7. The highest BCUT2D eigenvalue weighted by Crippen LogP contribution is 2.45. The smallest absolute Gasteiger partial charge is 0.337 e. The van der Waals surface area contributed by atoms with Crippen LogP contribution in [0.5, 0.6) is 0 Å². The Hall–Kier alpha value is -3.19. The Bertz CT molecular complexity index is 1270. The molecular weight excluding hydrogens is 459 g/mol. The molecule has 1 aromatic heterocycles. The molecule has 6 nitrogen and oxygen atoms in total. The van der Waals surface area contributed by atoms with Crippen molar-refractivity contribution in [2.45, 2.75) is 76.2 Å². The minimum Gasteiger partial charge on any atom is -0.465 e. The fourth-order valence-corrected chi connectivity index (χ4v) is 6.00. The molecule has 3 aromatic rings. The maximum absolute atomic E-state index is 15.0. The SMILES string of the molecule is COC(=O)c1ccc(N2C3CC[C@H]2CC(OCc2c(-c4ccccc4C)noc2C2CC2)C3)c(F)c1. The second kappa shape index (κ2) is 9.36. The zero-order chi connectivity index (χ0) is 24.8. The highest BCUT2D eigenvalue weighted by Gasteiger charge is 2.42. The Labute approximate surface area is 210 Å². The van der Waals surface area contributed by atoms with Gasteiger partial charge < -0.3 is 18.9 Å². The second-order valence-corrected chi connectivity index (χ2v) is 10.3. The number of rotatable bonds is 7. The first kappa shape index (κ1) is 23.2. The number of halogens is 1. The van der Waals surface area contributed by atoms with Crippen molar-refractivity contribution in [2.75, 3.05) is 12.0 Å². The van der Waals surface area contributed by atoms with Crippen LogP contribution in [0.15, 0.2) is 47.0 Å². The number of aryl methyl sites for hydroxylation is 1. The number of fused-ring (bicyclic) bond motifs is 2. The second-order valence-electron chi connectivity index (χ2n) is 10.3. The molecule has 0 spiro atoms. The van der Waals surface area contributed by atoms with Crippen LogP contribution in [0.3, 0.4) is 0 Å². The summed E-state index contributed by atoms with van der Waals surface area (Å²) in [6, 6.07) is 13.3. The Balaban J connectivity index is 1.18. The van der Waals surface area contributed by atoms with Crippen LogP contribution >= 0.6 is 0 Å². The third-order valence-corrected chi connectivity index (χ3v) is 7.97. The Kier molecular flexibility index (Phi) is 6.04. The van der Waals surface area contributed by atoms with E-state index >= 15 is 4.39 Å². The van der Waals surface area contributed by atoms with E-state index in [1.807, 2.05) is 12.1 Å². The summed E-state index contributed by atoms with van der Waals surface area (Å²) < 4.78 is 32.1. The normalized spacial score (nSPS) is 23.2. The summed E-state index contributed by atoms with van der Waals surface area (Å²) in [7, 11) is 1.30. The molecule has 0 amide bonds. The molecular formula is C29H31FN2O4. The van der Waals surface area contributed by atoms with E-state index < -0.39 is 5.97 Å². The third kappa shape index (κ3) is 4.19. The predicted molar refractivity (Wildman–Crippen MR) is 133 cm³/mol. The van der Waals surface area contributed by atoms with Crippen LogP contribution in [-0.2, 0) is 16.1 Å². The Morgan fingerprint density at radius 2 is 1.86 bits per heavy atom. The van der Waals surface area contributed by atoms with Crippen molar-refractivity contribution in [3.05, 3.63) is 70.7 Å². The van der Waals surface area contributed by atoms with Gasteiger partial charge in [0.15, 0.2) is 0 Å². The fraction of sp³-hybridized carbons (Fsp3) is 0.448. The quantitative estimate of drug-likeness (QED) is 0.369. The summed E-state index contributed by atoms with van der Waals surface area (Å²) in [5.74, 6) is 0.514. The maximum atomic E-state index is 15.0. The molecule has 3 fully saturated rings. The summed E-state index contributed by atoms with van der Waals surface area (Å²) in [5, 5.41) is 4.46. The molecule has 3 heterocycles. The molecule has 2 aromatic carbocycles. The fourth-order valence-electron chi connectivity index (χ4n) is 6.00. The molecule has 1 aliphatic carbocycles. The van der Waals surface area contributed by atoms with Gasteiger partial charge in [-0.3, -0.25) is 0 Å². The molecule has 2 saturated heterocycles. The number of ether oxygens (including phenoxy) is 2. The van der Waals surface area contributed by atoms with Crippen molar-refractivity contribution in [1.82, 2.24) is 5.16 Å². The lowest BCUT2D eigenvalue weighted by atomic mass is 9.97. The number of hydrogen-bond donors (Lipinski definition) is 0. The van der Waals surface area contributed by atoms with E-state index in [2.05, 4.69) is 29.1 Å². The monoisotopic (exact) mass is 490 g/mol. The van der Waals surface area contributed by atoms with Crippen molar-refractivity contribution in [2.24, 2.45) is 0 Å². The number of hydrogen-bond acceptors (Lipinski definition) is 6. The van der Waals surface area contributed by atoms with Gasteiger partial charge in [-0.05, 0) is 69.2 Å². The van der Waals surface area contributed by atoms with Crippen LogP contribution in [0.2, 0.25) is 0 Å². The highest BCUT2D eigenvalue weighted by atomic mass is 19.1. The van der Waals surface area contributed by atoms with E-state index in [0.29, 0.717) is 18.2 Å². The lowest BCUT2D eigenvalue weighted by Crippen LogP contribution is -2.46. The molecule has 7 heteroatoms. The number of aromatic nitrogens is 1. The van der Waals surface area contributed by atoms with E-state index in [-0.39, 0.29) is 29.6 Å². The standard InChI is InChI=1S/C29H31FN2O4/c1-17-5-3-4-6-23(17)27-24(28(36-31-27)18-7-8-18)16-35-22-14-20-10-11-21(15-22)32(20)26-12-9-19(13-25(26)30)29(33)34-2/h3-6,9,12-13,18,20-22H,7-8,10-11,14-16H2,1-2H3/t20-,21?,22?/m0/s1. The summed E-state index contributed by atoms with van der Waals surface area (Å²) in [6.07, 6.45) is 6.09. The van der Waals surface area contributed by atoms with Crippen LogP contribution < -0.4 is 4.90 Å². The average Bonchev–Trinajstić information content (AvgIpc) is 3.59. The summed E-state index contributed by atoms with van der Waals surface area (Å²) >= 11 is 0. The number of carbonyl (C=O) groups excluding carboxylic acids is 1. The number of methoxy groups -OCH3 is 1. The summed E-state index contributed by atoms with van der Waals surface area (Å²) in [5.41, 5.74) is 5.02. The van der Waals surface area contributed by atoms with Crippen LogP contribution in [0, 0.1) is 12.7 Å². The van der Waals surface area contributed by atoms with Gasteiger partial charge in [0.25, 0.3) is 0 Å². The van der Waals surface area contributed by atoms with Gasteiger partial charge in [-0.2, -0.15) is 0 Å². The van der Waals surface area contributed by atoms with Crippen LogP contribution in [0.25, 0.3) is 11.3 Å². The molecule has 188 valence electrons. The number of carbonyl (C=O) groups is 1. The number of anilines is 1. The lowest BCUT2D eigenvalue weighted by Gasteiger charge is -2.40. The van der Waals surface area contributed by atoms with Crippen molar-refractivity contribution in [1.29, 1.82) is 0 Å². The van der Waals surface area contributed by atoms with Crippen LogP contribution in [0.1, 0.15) is 71.7 Å². The van der Waals surface area contributed by atoms with Crippen LogP contribution in [-0.4, -0.2) is 36.4 Å². The predicted octanol–water partition coefficient (Wildman–Crippen LogP) is 6.17. The van der Waals surface area contributed by atoms with Gasteiger partial charge in [-0.15, -0.1) is 0 Å². The van der Waals surface area contributed by atoms with Crippen molar-refractivity contribution < 1.29 is 23.2 Å². The lowest BCUT2D eigenvalue weighted by molar-refractivity contribution is 0.0146. The molecule has 2 unspecified atom stereocenters. The topological polar surface area (TPSA) is 64.8 Å². The van der Waals surface area contributed by atoms with E-state index in [1.54, 1.807) is 12.1 Å². The zero-order valence-electron chi connectivity index (χ0n) is 20.7. The first-order valence-corrected chi connectivity index (χ1v) is 12.9. The third-order valence-electron chi connectivity index (χ3n) is 7.97. The van der Waals surface area contributed by atoms with Crippen LogP contribution in [0.4, 0.5) is 10.1 Å². The molecule has 2 aliphatic heterocycles. The van der Waals surface area contributed by atoms with Gasteiger partial charge in [0.05, 0.1) is 31.1 Å². The van der Waals surface area contributed by atoms with Gasteiger partial charge in [-0.1, -0.05) is 29.4 Å². The van der Waals surface area contributed by atoms with Gasteiger partial charge in [-0.25, -0.2) is 9.18 Å².